The second-order valence-electron chi connectivity index (χ2n) is 4.59. The Kier molecular flexibility index (Phi) is 5.37. The van der Waals surface area contributed by atoms with Crippen molar-refractivity contribution in [2.24, 2.45) is 5.73 Å². The maximum atomic E-state index is 12.4. The summed E-state index contributed by atoms with van der Waals surface area (Å²) < 4.78 is 10.4. The van der Waals surface area contributed by atoms with E-state index in [1.165, 1.54) is 7.11 Å². The van der Waals surface area contributed by atoms with E-state index in [-0.39, 0.29) is 11.0 Å². The van der Waals surface area contributed by atoms with Crippen molar-refractivity contribution in [2.75, 3.05) is 24.9 Å². The number of nitrogens with one attached hydrogen (secondary N) is 2. The van der Waals surface area contributed by atoms with Gasteiger partial charge in [0.25, 0.3) is 5.91 Å². The van der Waals surface area contributed by atoms with Gasteiger partial charge in [0.15, 0.2) is 5.11 Å². The molecule has 1 amide bonds. The number of anilines is 2. The number of ether oxygens (including phenoxy) is 2. The molecule has 23 heavy (non-hydrogen) atoms. The van der Waals surface area contributed by atoms with Crippen molar-refractivity contribution < 1.29 is 14.3 Å². The van der Waals surface area contributed by atoms with E-state index in [2.05, 4.69) is 10.6 Å². The van der Waals surface area contributed by atoms with E-state index in [1.54, 1.807) is 49.6 Å². The zero-order valence-corrected chi connectivity index (χ0v) is 13.6. The average molecular weight is 331 g/mol. The second-order valence-corrected chi connectivity index (χ2v) is 5.03. The van der Waals surface area contributed by atoms with Crippen molar-refractivity contribution in [3.05, 3.63) is 48.0 Å². The van der Waals surface area contributed by atoms with Gasteiger partial charge in [-0.2, -0.15) is 0 Å². The van der Waals surface area contributed by atoms with Crippen LogP contribution in [0.5, 0.6) is 11.5 Å². The van der Waals surface area contributed by atoms with Gasteiger partial charge in [-0.3, -0.25) is 4.79 Å². The maximum absolute atomic E-state index is 12.4. The Balaban J connectivity index is 2.23. The Labute approximate surface area is 139 Å². The summed E-state index contributed by atoms with van der Waals surface area (Å²) in [6, 6.07) is 12.0. The number of methoxy groups -OCH3 is 2. The molecule has 2 aromatic carbocycles. The van der Waals surface area contributed by atoms with E-state index in [0.717, 1.165) is 0 Å². The molecule has 120 valence electrons. The van der Waals surface area contributed by atoms with Gasteiger partial charge < -0.3 is 25.8 Å². The fourth-order valence-corrected chi connectivity index (χ4v) is 2.10. The molecule has 0 aliphatic heterocycles. The first-order valence-electron chi connectivity index (χ1n) is 6.73. The van der Waals surface area contributed by atoms with Crippen LogP contribution < -0.4 is 25.8 Å². The highest BCUT2D eigenvalue weighted by atomic mass is 32.1. The highest BCUT2D eigenvalue weighted by molar-refractivity contribution is 7.80. The number of carbonyl (C=O) groups excluding carboxylic acids is 1. The lowest BCUT2D eigenvalue weighted by atomic mass is 10.1. The highest BCUT2D eigenvalue weighted by Gasteiger charge is 2.11. The number of rotatable bonds is 5. The van der Waals surface area contributed by atoms with Crippen molar-refractivity contribution in [3.8, 4) is 11.5 Å². The van der Waals surface area contributed by atoms with Crippen molar-refractivity contribution in [1.29, 1.82) is 0 Å². The normalized spacial score (nSPS) is 9.83. The lowest BCUT2D eigenvalue weighted by Crippen LogP contribution is -2.19. The van der Waals surface area contributed by atoms with Crippen LogP contribution in [0, 0.1) is 0 Å². The Morgan fingerprint density at radius 2 is 1.87 bits per heavy atom. The summed E-state index contributed by atoms with van der Waals surface area (Å²) in [5.41, 5.74) is 7.05. The molecule has 0 aliphatic rings. The molecule has 0 unspecified atom stereocenters. The van der Waals surface area contributed by atoms with Crippen LogP contribution in [-0.2, 0) is 0 Å². The summed E-state index contributed by atoms with van der Waals surface area (Å²) >= 11 is 4.79. The van der Waals surface area contributed by atoms with Crippen molar-refractivity contribution in [1.82, 2.24) is 0 Å². The molecule has 0 saturated carbocycles. The number of hydrogen-bond donors (Lipinski definition) is 3. The summed E-state index contributed by atoms with van der Waals surface area (Å²) in [5, 5.41) is 5.72. The fraction of sp³-hybridized carbons (Fsp3) is 0.125. The predicted molar refractivity (Wildman–Crippen MR) is 94.3 cm³/mol. The molecule has 0 saturated heterocycles. The summed E-state index contributed by atoms with van der Waals surface area (Å²) in [6.07, 6.45) is 0. The third-order valence-corrected chi connectivity index (χ3v) is 3.15. The molecule has 0 aromatic heterocycles. The number of amides is 1. The molecule has 7 heteroatoms. The third-order valence-electron chi connectivity index (χ3n) is 3.05. The van der Waals surface area contributed by atoms with Gasteiger partial charge in [0.1, 0.15) is 11.5 Å². The van der Waals surface area contributed by atoms with E-state index in [1.807, 2.05) is 0 Å². The van der Waals surface area contributed by atoms with Gasteiger partial charge >= 0.3 is 0 Å². The topological polar surface area (TPSA) is 85.6 Å². The minimum absolute atomic E-state index is 0.136. The van der Waals surface area contributed by atoms with E-state index < -0.39 is 0 Å². The van der Waals surface area contributed by atoms with Crippen LogP contribution >= 0.6 is 12.2 Å². The SMILES string of the molecule is COc1ccc(OC)c(NC(=O)c2cccc(NC(N)=S)c2)c1. The van der Waals surface area contributed by atoms with Gasteiger partial charge in [0.2, 0.25) is 0 Å². The molecule has 0 heterocycles. The van der Waals surface area contributed by atoms with Gasteiger partial charge in [-0.25, -0.2) is 0 Å². The van der Waals surface area contributed by atoms with Gasteiger partial charge in [-0.1, -0.05) is 6.07 Å². The van der Waals surface area contributed by atoms with E-state index in [9.17, 15) is 4.79 Å². The molecule has 2 rings (SSSR count). The van der Waals surface area contributed by atoms with E-state index in [4.69, 9.17) is 27.4 Å². The Morgan fingerprint density at radius 3 is 2.52 bits per heavy atom. The first kappa shape index (κ1) is 16.6. The molecule has 4 N–H and O–H groups in total. The molecule has 0 aliphatic carbocycles. The Hall–Kier alpha value is -2.80. The van der Waals surface area contributed by atoms with Crippen LogP contribution in [0.1, 0.15) is 10.4 Å². The van der Waals surface area contributed by atoms with Crippen LogP contribution in [0.25, 0.3) is 0 Å². The van der Waals surface area contributed by atoms with Crippen molar-refractivity contribution >= 4 is 34.6 Å². The summed E-state index contributed by atoms with van der Waals surface area (Å²) in [5.74, 6) is 0.865. The number of hydrogen-bond acceptors (Lipinski definition) is 4. The molecule has 0 bridgehead atoms. The number of carbonyl (C=O) groups is 1. The molecule has 0 atom stereocenters. The Bertz CT molecular complexity index is 734. The van der Waals surface area contributed by atoms with Crippen LogP contribution in [0.3, 0.4) is 0 Å². The smallest absolute Gasteiger partial charge is 0.255 e. The van der Waals surface area contributed by atoms with Gasteiger partial charge in [-0.15, -0.1) is 0 Å². The van der Waals surface area contributed by atoms with Crippen LogP contribution in [0.4, 0.5) is 11.4 Å². The van der Waals surface area contributed by atoms with Gasteiger partial charge in [0, 0.05) is 17.3 Å². The van der Waals surface area contributed by atoms with Crippen LogP contribution in [0.15, 0.2) is 42.5 Å². The first-order chi connectivity index (χ1) is 11.0. The number of thiocarbonyl (C=S) groups is 1. The fourth-order valence-electron chi connectivity index (χ4n) is 1.99. The second kappa shape index (κ2) is 7.46. The lowest BCUT2D eigenvalue weighted by molar-refractivity contribution is 0.102. The van der Waals surface area contributed by atoms with Crippen LogP contribution in [0.2, 0.25) is 0 Å². The summed E-state index contributed by atoms with van der Waals surface area (Å²) in [7, 11) is 3.09. The summed E-state index contributed by atoms with van der Waals surface area (Å²) in [4.78, 5) is 12.4. The van der Waals surface area contributed by atoms with E-state index in [0.29, 0.717) is 28.4 Å². The highest BCUT2D eigenvalue weighted by Crippen LogP contribution is 2.29. The average Bonchev–Trinajstić information content (AvgIpc) is 2.54. The number of nitrogens with two attached hydrogens (primary N) is 1. The zero-order chi connectivity index (χ0) is 16.8. The maximum Gasteiger partial charge on any atom is 0.255 e. The van der Waals surface area contributed by atoms with E-state index >= 15 is 0 Å². The van der Waals surface area contributed by atoms with Crippen molar-refractivity contribution in [3.63, 3.8) is 0 Å². The number of benzene rings is 2. The molecule has 2 aromatic rings. The summed E-state index contributed by atoms with van der Waals surface area (Å²) in [6.45, 7) is 0. The van der Waals surface area contributed by atoms with Crippen molar-refractivity contribution in [2.45, 2.75) is 0 Å². The quantitative estimate of drug-likeness (QED) is 0.730. The molecule has 6 nitrogen and oxygen atoms in total. The molecular formula is C16H17N3O3S. The molecule has 0 radical (unpaired) electrons. The zero-order valence-electron chi connectivity index (χ0n) is 12.8. The monoisotopic (exact) mass is 331 g/mol. The standard InChI is InChI=1S/C16H17N3O3S/c1-21-12-6-7-14(22-2)13(9-12)19-15(20)10-4-3-5-11(8-10)18-16(17)23/h3-9H,1-2H3,(H,19,20)(H3,17,18,23). The van der Waals surface area contributed by atoms with Gasteiger partial charge in [0.05, 0.1) is 19.9 Å². The first-order valence-corrected chi connectivity index (χ1v) is 7.14. The van der Waals surface area contributed by atoms with Gasteiger partial charge in [-0.05, 0) is 42.5 Å². The van der Waals surface area contributed by atoms with Crippen LogP contribution in [-0.4, -0.2) is 25.2 Å². The Morgan fingerprint density at radius 1 is 1.09 bits per heavy atom. The lowest BCUT2D eigenvalue weighted by Gasteiger charge is -2.12. The molecule has 0 fully saturated rings. The largest absolute Gasteiger partial charge is 0.497 e. The third kappa shape index (κ3) is 4.33. The minimum Gasteiger partial charge on any atom is -0.497 e. The molecule has 0 spiro atoms. The minimum atomic E-state index is -0.289. The predicted octanol–water partition coefficient (Wildman–Crippen LogP) is 2.61. The molecular weight excluding hydrogens is 314 g/mol.